The molecule has 1 nitrogen and oxygen atoms in total. The number of hydrogen-bond acceptors (Lipinski definition) is 1. The van der Waals surface area contributed by atoms with Gasteiger partial charge in [0, 0.05) is 6.04 Å². The molecule has 0 aliphatic heterocycles. The largest absolute Gasteiger partial charge is 0.324 e. The lowest BCUT2D eigenvalue weighted by atomic mass is 9.83. The fourth-order valence-electron chi connectivity index (χ4n) is 2.91. The summed E-state index contributed by atoms with van der Waals surface area (Å²) >= 11 is 0. The maximum Gasteiger partial charge on any atom is 0.0298 e. The van der Waals surface area contributed by atoms with Crippen LogP contribution in [0.3, 0.4) is 0 Å². The van der Waals surface area contributed by atoms with Crippen molar-refractivity contribution in [1.29, 1.82) is 0 Å². The summed E-state index contributed by atoms with van der Waals surface area (Å²) in [7, 11) is 0. The van der Waals surface area contributed by atoms with E-state index >= 15 is 0 Å². The van der Waals surface area contributed by atoms with Crippen LogP contribution < -0.4 is 5.73 Å². The van der Waals surface area contributed by atoms with Gasteiger partial charge in [0.05, 0.1) is 0 Å². The summed E-state index contributed by atoms with van der Waals surface area (Å²) in [4.78, 5) is 0. The van der Waals surface area contributed by atoms with E-state index in [0.717, 1.165) is 6.42 Å². The molecular formula is C15H17N. The first-order valence-electron chi connectivity index (χ1n) is 6.04. The van der Waals surface area contributed by atoms with E-state index in [1.165, 1.54) is 40.3 Å². The van der Waals surface area contributed by atoms with Crippen molar-refractivity contribution in [3.05, 3.63) is 47.0 Å². The van der Waals surface area contributed by atoms with Gasteiger partial charge in [0.15, 0.2) is 0 Å². The zero-order valence-electron chi connectivity index (χ0n) is 9.66. The Bertz CT molecular complexity index is 542. The van der Waals surface area contributed by atoms with Gasteiger partial charge < -0.3 is 5.73 Å². The maximum atomic E-state index is 6.21. The Kier molecular flexibility index (Phi) is 2.22. The van der Waals surface area contributed by atoms with Gasteiger partial charge >= 0.3 is 0 Å². The minimum atomic E-state index is 0.243. The molecule has 3 rings (SSSR count). The van der Waals surface area contributed by atoms with Crippen LogP contribution in [0.15, 0.2) is 30.3 Å². The van der Waals surface area contributed by atoms with E-state index in [0.29, 0.717) is 0 Å². The SMILES string of the molecule is Cc1cc2c(c3ccccc13)CCC[C@H]2N. The van der Waals surface area contributed by atoms with Gasteiger partial charge in [-0.05, 0) is 53.6 Å². The smallest absolute Gasteiger partial charge is 0.0298 e. The van der Waals surface area contributed by atoms with Crippen LogP contribution in [0.2, 0.25) is 0 Å². The number of fused-ring (bicyclic) bond motifs is 3. The van der Waals surface area contributed by atoms with Crippen LogP contribution in [0, 0.1) is 6.92 Å². The summed E-state index contributed by atoms with van der Waals surface area (Å²) in [6, 6.07) is 11.2. The molecule has 0 heterocycles. The van der Waals surface area contributed by atoms with Crippen molar-refractivity contribution in [2.24, 2.45) is 5.73 Å². The molecule has 0 amide bonds. The first-order chi connectivity index (χ1) is 7.77. The van der Waals surface area contributed by atoms with Crippen LogP contribution in [0.1, 0.15) is 35.6 Å². The van der Waals surface area contributed by atoms with Gasteiger partial charge in [0.2, 0.25) is 0 Å². The Balaban J connectivity index is 2.38. The van der Waals surface area contributed by atoms with E-state index in [2.05, 4.69) is 37.3 Å². The summed E-state index contributed by atoms with van der Waals surface area (Å²) in [6.45, 7) is 2.18. The molecule has 0 saturated carbocycles. The van der Waals surface area contributed by atoms with Crippen molar-refractivity contribution in [1.82, 2.24) is 0 Å². The van der Waals surface area contributed by atoms with Crippen molar-refractivity contribution in [3.8, 4) is 0 Å². The second-order valence-electron chi connectivity index (χ2n) is 4.81. The average molecular weight is 211 g/mol. The number of benzene rings is 2. The van der Waals surface area contributed by atoms with E-state index in [1.54, 1.807) is 0 Å². The average Bonchev–Trinajstić information content (AvgIpc) is 2.31. The summed E-state index contributed by atoms with van der Waals surface area (Å²) in [6.07, 6.45) is 3.54. The molecule has 0 saturated heterocycles. The van der Waals surface area contributed by atoms with Gasteiger partial charge in [-0.1, -0.05) is 30.3 Å². The third-order valence-corrected chi connectivity index (χ3v) is 3.74. The Morgan fingerprint density at radius 1 is 1.19 bits per heavy atom. The van der Waals surface area contributed by atoms with Gasteiger partial charge in [0.25, 0.3) is 0 Å². The second kappa shape index (κ2) is 3.60. The second-order valence-corrected chi connectivity index (χ2v) is 4.81. The number of hydrogen-bond donors (Lipinski definition) is 1. The van der Waals surface area contributed by atoms with Crippen LogP contribution in [0.25, 0.3) is 10.8 Å². The van der Waals surface area contributed by atoms with Crippen LogP contribution in [0.4, 0.5) is 0 Å². The van der Waals surface area contributed by atoms with Crippen molar-refractivity contribution in [3.63, 3.8) is 0 Å². The summed E-state index contributed by atoms with van der Waals surface area (Å²) in [5.74, 6) is 0. The quantitative estimate of drug-likeness (QED) is 0.709. The normalized spacial score (nSPS) is 19.8. The molecule has 0 radical (unpaired) electrons. The summed E-state index contributed by atoms with van der Waals surface area (Å²) < 4.78 is 0. The first-order valence-corrected chi connectivity index (χ1v) is 6.04. The van der Waals surface area contributed by atoms with Crippen molar-refractivity contribution < 1.29 is 0 Å². The van der Waals surface area contributed by atoms with Gasteiger partial charge in [-0.15, -0.1) is 0 Å². The molecule has 16 heavy (non-hydrogen) atoms. The third-order valence-electron chi connectivity index (χ3n) is 3.74. The van der Waals surface area contributed by atoms with Crippen LogP contribution >= 0.6 is 0 Å². The number of rotatable bonds is 0. The minimum absolute atomic E-state index is 0.243. The van der Waals surface area contributed by atoms with Crippen LogP contribution in [0.5, 0.6) is 0 Å². The summed E-state index contributed by atoms with van der Waals surface area (Å²) in [5.41, 5.74) is 10.4. The van der Waals surface area contributed by atoms with Crippen LogP contribution in [-0.4, -0.2) is 0 Å². The molecule has 1 aliphatic carbocycles. The fraction of sp³-hybridized carbons (Fsp3) is 0.333. The van der Waals surface area contributed by atoms with E-state index in [-0.39, 0.29) is 6.04 Å². The molecular weight excluding hydrogens is 194 g/mol. The van der Waals surface area contributed by atoms with E-state index in [4.69, 9.17) is 5.73 Å². The predicted molar refractivity (Wildman–Crippen MR) is 68.6 cm³/mol. The Morgan fingerprint density at radius 2 is 1.94 bits per heavy atom. The fourth-order valence-corrected chi connectivity index (χ4v) is 2.91. The molecule has 0 unspecified atom stereocenters. The molecule has 1 aliphatic rings. The highest BCUT2D eigenvalue weighted by atomic mass is 14.6. The summed E-state index contributed by atoms with van der Waals surface area (Å²) in [5, 5.41) is 2.79. The first kappa shape index (κ1) is 9.86. The Morgan fingerprint density at radius 3 is 2.75 bits per heavy atom. The highest BCUT2D eigenvalue weighted by Gasteiger charge is 2.19. The molecule has 0 fully saturated rings. The van der Waals surface area contributed by atoms with E-state index in [1.807, 2.05) is 0 Å². The third kappa shape index (κ3) is 1.35. The lowest BCUT2D eigenvalue weighted by molar-refractivity contribution is 0.573. The van der Waals surface area contributed by atoms with Gasteiger partial charge in [0.1, 0.15) is 0 Å². The standard InChI is InChI=1S/C15H17N/c1-10-9-14-13(7-4-8-15(14)16)12-6-3-2-5-11(10)12/h2-3,5-6,9,15H,4,7-8,16H2,1H3/t15-/m1/s1. The molecule has 2 N–H and O–H groups in total. The zero-order chi connectivity index (χ0) is 11.1. The maximum absolute atomic E-state index is 6.21. The van der Waals surface area contributed by atoms with Crippen molar-refractivity contribution >= 4 is 10.8 Å². The monoisotopic (exact) mass is 211 g/mol. The molecule has 2 aromatic carbocycles. The van der Waals surface area contributed by atoms with Gasteiger partial charge in [-0.25, -0.2) is 0 Å². The minimum Gasteiger partial charge on any atom is -0.324 e. The Hall–Kier alpha value is -1.34. The number of nitrogens with two attached hydrogens (primary N) is 1. The highest BCUT2D eigenvalue weighted by Crippen LogP contribution is 2.34. The van der Waals surface area contributed by atoms with Gasteiger partial charge in [-0.2, -0.15) is 0 Å². The highest BCUT2D eigenvalue weighted by molar-refractivity contribution is 5.90. The van der Waals surface area contributed by atoms with Crippen molar-refractivity contribution in [2.75, 3.05) is 0 Å². The van der Waals surface area contributed by atoms with Crippen LogP contribution in [-0.2, 0) is 6.42 Å². The van der Waals surface area contributed by atoms with E-state index in [9.17, 15) is 0 Å². The molecule has 1 atom stereocenters. The Labute approximate surface area is 96.3 Å². The molecule has 0 aromatic heterocycles. The van der Waals surface area contributed by atoms with Crippen molar-refractivity contribution in [2.45, 2.75) is 32.2 Å². The molecule has 2 aromatic rings. The molecule has 0 spiro atoms. The lowest BCUT2D eigenvalue weighted by Gasteiger charge is -2.24. The zero-order valence-corrected chi connectivity index (χ0v) is 9.66. The van der Waals surface area contributed by atoms with E-state index < -0.39 is 0 Å². The lowest BCUT2D eigenvalue weighted by Crippen LogP contribution is -2.17. The predicted octanol–water partition coefficient (Wildman–Crippen LogP) is 3.48. The number of aryl methyl sites for hydroxylation is 2. The topological polar surface area (TPSA) is 26.0 Å². The molecule has 82 valence electrons. The molecule has 1 heteroatoms. The molecule has 0 bridgehead atoms. The van der Waals surface area contributed by atoms with Gasteiger partial charge in [-0.3, -0.25) is 0 Å².